The standard InChI is InChI=1S/C20H23FN2O2/c1-14-12-15(6-7-18(14)21)20(25)22-19-5-3-2-4-16(19)13-23-10-8-17(24)9-11-23/h2-7,12,17,24H,8-11,13H2,1H3,(H,22,25). The van der Waals surface area contributed by atoms with E-state index >= 15 is 0 Å². The number of carbonyl (C=O) groups is 1. The number of carbonyl (C=O) groups excluding carboxylic acids is 1. The van der Waals surface area contributed by atoms with Gasteiger partial charge in [-0.25, -0.2) is 4.39 Å². The summed E-state index contributed by atoms with van der Waals surface area (Å²) in [6.45, 7) is 4.07. The second-order valence-corrected chi connectivity index (χ2v) is 6.58. The highest BCUT2D eigenvalue weighted by molar-refractivity contribution is 6.04. The largest absolute Gasteiger partial charge is 0.393 e. The van der Waals surface area contributed by atoms with Crippen molar-refractivity contribution in [2.24, 2.45) is 0 Å². The van der Waals surface area contributed by atoms with E-state index in [2.05, 4.69) is 10.2 Å². The number of benzene rings is 2. The molecule has 2 aromatic carbocycles. The van der Waals surface area contributed by atoms with Gasteiger partial charge in [-0.15, -0.1) is 0 Å². The highest BCUT2D eigenvalue weighted by Gasteiger charge is 2.18. The fourth-order valence-electron chi connectivity index (χ4n) is 3.08. The number of aryl methyl sites for hydroxylation is 1. The van der Waals surface area contributed by atoms with Gasteiger partial charge in [0.1, 0.15) is 5.82 Å². The highest BCUT2D eigenvalue weighted by atomic mass is 19.1. The number of halogens is 1. The van der Waals surface area contributed by atoms with E-state index in [1.165, 1.54) is 12.1 Å². The quantitative estimate of drug-likeness (QED) is 0.896. The van der Waals surface area contributed by atoms with Crippen molar-refractivity contribution in [1.82, 2.24) is 4.90 Å². The maximum Gasteiger partial charge on any atom is 0.255 e. The molecule has 2 N–H and O–H groups in total. The van der Waals surface area contributed by atoms with E-state index < -0.39 is 0 Å². The first-order valence-corrected chi connectivity index (χ1v) is 8.59. The lowest BCUT2D eigenvalue weighted by molar-refractivity contribution is 0.0793. The summed E-state index contributed by atoms with van der Waals surface area (Å²) < 4.78 is 13.4. The maximum absolute atomic E-state index is 13.4. The minimum Gasteiger partial charge on any atom is -0.393 e. The van der Waals surface area contributed by atoms with Crippen molar-refractivity contribution < 1.29 is 14.3 Å². The highest BCUT2D eigenvalue weighted by Crippen LogP contribution is 2.21. The smallest absolute Gasteiger partial charge is 0.255 e. The molecule has 0 unspecified atom stereocenters. The Bertz CT molecular complexity index is 755. The van der Waals surface area contributed by atoms with Gasteiger partial charge < -0.3 is 10.4 Å². The Balaban J connectivity index is 1.72. The molecule has 0 bridgehead atoms. The van der Waals surface area contributed by atoms with Crippen LogP contribution >= 0.6 is 0 Å². The predicted octanol–water partition coefficient (Wildman–Crippen LogP) is 3.34. The van der Waals surface area contributed by atoms with Gasteiger partial charge in [-0.1, -0.05) is 18.2 Å². The summed E-state index contributed by atoms with van der Waals surface area (Å²) in [4.78, 5) is 14.8. The van der Waals surface area contributed by atoms with Gasteiger partial charge in [0.2, 0.25) is 0 Å². The van der Waals surface area contributed by atoms with E-state index in [1.54, 1.807) is 13.0 Å². The Morgan fingerprint density at radius 2 is 1.96 bits per heavy atom. The van der Waals surface area contributed by atoms with E-state index in [-0.39, 0.29) is 17.8 Å². The van der Waals surface area contributed by atoms with Crippen LogP contribution in [0.25, 0.3) is 0 Å². The molecule has 0 spiro atoms. The molecule has 1 amide bonds. The molecule has 132 valence electrons. The average molecular weight is 342 g/mol. The number of piperidine rings is 1. The van der Waals surface area contributed by atoms with E-state index in [4.69, 9.17) is 0 Å². The molecule has 5 heteroatoms. The van der Waals surface area contributed by atoms with Gasteiger partial charge in [0.25, 0.3) is 5.91 Å². The van der Waals surface area contributed by atoms with Gasteiger partial charge in [0.05, 0.1) is 6.10 Å². The number of rotatable bonds is 4. The second kappa shape index (κ2) is 7.76. The van der Waals surface area contributed by atoms with Gasteiger partial charge in [-0.05, 0) is 55.2 Å². The molecule has 1 saturated heterocycles. The predicted molar refractivity (Wildman–Crippen MR) is 96.1 cm³/mol. The first-order chi connectivity index (χ1) is 12.0. The molecule has 1 fully saturated rings. The molecule has 4 nitrogen and oxygen atoms in total. The minimum atomic E-state index is -0.316. The van der Waals surface area contributed by atoms with Crippen molar-refractivity contribution >= 4 is 11.6 Å². The summed E-state index contributed by atoms with van der Waals surface area (Å²) in [5.41, 5.74) is 2.69. The van der Waals surface area contributed by atoms with Crippen LogP contribution < -0.4 is 5.32 Å². The van der Waals surface area contributed by atoms with Crippen LogP contribution in [0.3, 0.4) is 0 Å². The number of likely N-dealkylation sites (tertiary alicyclic amines) is 1. The van der Waals surface area contributed by atoms with Crippen LogP contribution in [0.2, 0.25) is 0 Å². The zero-order valence-corrected chi connectivity index (χ0v) is 14.3. The molecule has 25 heavy (non-hydrogen) atoms. The van der Waals surface area contributed by atoms with Crippen molar-refractivity contribution in [2.45, 2.75) is 32.4 Å². The number of aliphatic hydroxyl groups is 1. The minimum absolute atomic E-state index is 0.201. The van der Waals surface area contributed by atoms with Gasteiger partial charge in [-0.2, -0.15) is 0 Å². The van der Waals surface area contributed by atoms with E-state index in [1.807, 2.05) is 24.3 Å². The number of anilines is 1. The van der Waals surface area contributed by atoms with E-state index in [9.17, 15) is 14.3 Å². The Morgan fingerprint density at radius 3 is 2.68 bits per heavy atom. The van der Waals surface area contributed by atoms with Crippen LogP contribution in [-0.2, 0) is 6.54 Å². The molecule has 2 aromatic rings. The fourth-order valence-corrected chi connectivity index (χ4v) is 3.08. The Labute approximate surface area is 147 Å². The summed E-state index contributed by atoms with van der Waals surface area (Å²) in [6, 6.07) is 12.1. The molecule has 0 saturated carbocycles. The number of amides is 1. The van der Waals surface area contributed by atoms with Crippen molar-refractivity contribution in [3.8, 4) is 0 Å². The van der Waals surface area contributed by atoms with Gasteiger partial charge >= 0.3 is 0 Å². The third-order valence-corrected chi connectivity index (χ3v) is 4.64. The second-order valence-electron chi connectivity index (χ2n) is 6.58. The zero-order valence-electron chi connectivity index (χ0n) is 14.3. The fraction of sp³-hybridized carbons (Fsp3) is 0.350. The first-order valence-electron chi connectivity index (χ1n) is 8.59. The summed E-state index contributed by atoms with van der Waals surface area (Å²) >= 11 is 0. The van der Waals surface area contributed by atoms with Crippen LogP contribution in [0, 0.1) is 12.7 Å². The summed E-state index contributed by atoms with van der Waals surface area (Å²) in [5, 5.41) is 12.6. The van der Waals surface area contributed by atoms with E-state index in [0.717, 1.165) is 43.7 Å². The molecular formula is C20H23FN2O2. The third kappa shape index (κ3) is 4.44. The zero-order chi connectivity index (χ0) is 17.8. The van der Waals surface area contributed by atoms with Gasteiger partial charge in [0, 0.05) is 30.9 Å². The topological polar surface area (TPSA) is 52.6 Å². The molecule has 0 aliphatic carbocycles. The lowest BCUT2D eigenvalue weighted by Crippen LogP contribution is -2.35. The number of hydrogen-bond acceptors (Lipinski definition) is 3. The SMILES string of the molecule is Cc1cc(C(=O)Nc2ccccc2CN2CCC(O)CC2)ccc1F. The number of aliphatic hydroxyl groups excluding tert-OH is 1. The number of para-hydroxylation sites is 1. The Hall–Kier alpha value is -2.24. The van der Waals surface area contributed by atoms with Gasteiger partial charge in [0.15, 0.2) is 0 Å². The number of nitrogens with one attached hydrogen (secondary N) is 1. The lowest BCUT2D eigenvalue weighted by Gasteiger charge is -2.30. The summed E-state index contributed by atoms with van der Waals surface area (Å²) in [6.07, 6.45) is 1.36. The lowest BCUT2D eigenvalue weighted by atomic mass is 10.1. The average Bonchev–Trinajstić information content (AvgIpc) is 2.61. The Kier molecular flexibility index (Phi) is 5.46. The van der Waals surface area contributed by atoms with Crippen LogP contribution in [0.1, 0.15) is 34.3 Å². The van der Waals surface area contributed by atoms with Crippen LogP contribution in [0.5, 0.6) is 0 Å². The third-order valence-electron chi connectivity index (χ3n) is 4.64. The number of hydrogen-bond donors (Lipinski definition) is 2. The van der Waals surface area contributed by atoms with Crippen molar-refractivity contribution in [1.29, 1.82) is 0 Å². The van der Waals surface area contributed by atoms with Crippen LogP contribution in [0.15, 0.2) is 42.5 Å². The maximum atomic E-state index is 13.4. The molecule has 0 atom stereocenters. The molecule has 0 radical (unpaired) electrons. The van der Waals surface area contributed by atoms with Crippen molar-refractivity contribution in [2.75, 3.05) is 18.4 Å². The van der Waals surface area contributed by atoms with Crippen LogP contribution in [0.4, 0.5) is 10.1 Å². The molecular weight excluding hydrogens is 319 g/mol. The van der Waals surface area contributed by atoms with Crippen molar-refractivity contribution in [3.05, 3.63) is 65.0 Å². The molecule has 1 aliphatic rings. The molecule has 1 aliphatic heterocycles. The van der Waals surface area contributed by atoms with Crippen LogP contribution in [-0.4, -0.2) is 35.1 Å². The normalized spacial score (nSPS) is 16.0. The molecule has 0 aromatic heterocycles. The summed E-state index contributed by atoms with van der Waals surface area (Å²) in [5.74, 6) is -0.561. The summed E-state index contributed by atoms with van der Waals surface area (Å²) in [7, 11) is 0. The molecule has 3 rings (SSSR count). The van der Waals surface area contributed by atoms with E-state index in [0.29, 0.717) is 11.1 Å². The van der Waals surface area contributed by atoms with Gasteiger partial charge in [-0.3, -0.25) is 9.69 Å². The number of nitrogens with zero attached hydrogens (tertiary/aromatic N) is 1. The first kappa shape index (κ1) is 17.6. The monoisotopic (exact) mass is 342 g/mol. The van der Waals surface area contributed by atoms with Crippen molar-refractivity contribution in [3.63, 3.8) is 0 Å². The Morgan fingerprint density at radius 1 is 1.24 bits per heavy atom. The molecule has 1 heterocycles.